The maximum Gasteiger partial charge on any atom is 0.233 e. The first-order valence-corrected chi connectivity index (χ1v) is 10.4. The molecule has 0 atom stereocenters. The van der Waals surface area contributed by atoms with Gasteiger partial charge in [0.1, 0.15) is 22.4 Å². The number of hydrogen-bond acceptors (Lipinski definition) is 4. The first kappa shape index (κ1) is 26.3. The summed E-state index contributed by atoms with van der Waals surface area (Å²) in [5, 5.41) is 5.69. The van der Waals surface area contributed by atoms with Crippen molar-refractivity contribution in [2.75, 3.05) is 13.1 Å². The number of carbonyl (C=O) groups is 4. The molecule has 0 heterocycles. The van der Waals surface area contributed by atoms with Gasteiger partial charge >= 0.3 is 0 Å². The van der Waals surface area contributed by atoms with E-state index in [9.17, 15) is 19.2 Å². The number of hydrogen-bond donors (Lipinski definition) is 2. The van der Waals surface area contributed by atoms with Gasteiger partial charge in [-0.15, -0.1) is 0 Å². The van der Waals surface area contributed by atoms with Gasteiger partial charge in [0, 0.05) is 24.9 Å². The van der Waals surface area contributed by atoms with E-state index in [-0.39, 0.29) is 35.2 Å². The van der Waals surface area contributed by atoms with E-state index in [1.807, 2.05) is 0 Å². The second-order valence-electron chi connectivity index (χ2n) is 9.21. The van der Waals surface area contributed by atoms with Gasteiger partial charge in [-0.3, -0.25) is 19.2 Å². The predicted molar refractivity (Wildman–Crippen MR) is 112 cm³/mol. The minimum Gasteiger partial charge on any atom is -0.355 e. The molecule has 0 aromatic carbocycles. The van der Waals surface area contributed by atoms with Crippen LogP contribution < -0.4 is 10.6 Å². The van der Waals surface area contributed by atoms with Gasteiger partial charge in [0.25, 0.3) is 0 Å². The summed E-state index contributed by atoms with van der Waals surface area (Å²) in [6.07, 6.45) is 3.48. The highest BCUT2D eigenvalue weighted by Crippen LogP contribution is 2.22. The number of carbonyl (C=O) groups excluding carboxylic acids is 4. The van der Waals surface area contributed by atoms with Crippen molar-refractivity contribution in [2.45, 2.75) is 81.1 Å². The Hall–Kier alpha value is -1.72. The molecule has 6 nitrogen and oxygen atoms in total. The molecule has 0 aromatic rings. The summed E-state index contributed by atoms with van der Waals surface area (Å²) < 4.78 is 0. The van der Waals surface area contributed by atoms with E-state index in [4.69, 9.17) is 0 Å². The van der Waals surface area contributed by atoms with Crippen molar-refractivity contribution in [3.63, 3.8) is 0 Å². The SMILES string of the molecule is CC(C)C(=O)C(C)(C)C(=O)NCCCCCCNC(=O)C(C)(C)C(=O)C(C)C. The van der Waals surface area contributed by atoms with Crippen molar-refractivity contribution < 1.29 is 19.2 Å². The molecule has 162 valence electrons. The van der Waals surface area contributed by atoms with Crippen LogP contribution in [0.1, 0.15) is 81.1 Å². The van der Waals surface area contributed by atoms with Crippen molar-refractivity contribution in [3.8, 4) is 0 Å². The Balaban J connectivity index is 4.03. The van der Waals surface area contributed by atoms with Crippen LogP contribution in [-0.2, 0) is 19.2 Å². The minimum atomic E-state index is -1.00. The number of unbranched alkanes of at least 4 members (excludes halogenated alkanes) is 3. The summed E-state index contributed by atoms with van der Waals surface area (Å²) in [6, 6.07) is 0. The zero-order chi connectivity index (χ0) is 22.1. The van der Waals surface area contributed by atoms with Crippen LogP contribution in [0.15, 0.2) is 0 Å². The average molecular weight is 397 g/mol. The number of ketones is 2. The van der Waals surface area contributed by atoms with Crippen molar-refractivity contribution in [3.05, 3.63) is 0 Å². The molecule has 0 fully saturated rings. The van der Waals surface area contributed by atoms with E-state index in [0.29, 0.717) is 13.1 Å². The van der Waals surface area contributed by atoms with Crippen LogP contribution in [0.3, 0.4) is 0 Å². The monoisotopic (exact) mass is 396 g/mol. The first-order chi connectivity index (χ1) is 12.8. The molecule has 0 rings (SSSR count). The zero-order valence-electron chi connectivity index (χ0n) is 19.0. The third-order valence-corrected chi connectivity index (χ3v) is 5.09. The maximum atomic E-state index is 12.2. The van der Waals surface area contributed by atoms with E-state index in [2.05, 4.69) is 10.6 Å². The van der Waals surface area contributed by atoms with Crippen LogP contribution in [0, 0.1) is 22.7 Å². The molecule has 0 aliphatic carbocycles. The van der Waals surface area contributed by atoms with E-state index in [1.165, 1.54) is 0 Å². The van der Waals surface area contributed by atoms with E-state index in [1.54, 1.807) is 55.4 Å². The fourth-order valence-corrected chi connectivity index (χ4v) is 3.12. The molecule has 2 amide bonds. The summed E-state index contributed by atoms with van der Waals surface area (Å²) in [6.45, 7) is 14.9. The number of nitrogens with one attached hydrogen (secondary N) is 2. The minimum absolute atomic E-state index is 0.0559. The normalized spacial score (nSPS) is 12.2. The van der Waals surface area contributed by atoms with Crippen LogP contribution in [0.25, 0.3) is 0 Å². The molecule has 0 aromatic heterocycles. The van der Waals surface area contributed by atoms with Crippen molar-refractivity contribution in [1.82, 2.24) is 10.6 Å². The predicted octanol–water partition coefficient (Wildman–Crippen LogP) is 3.28. The van der Waals surface area contributed by atoms with E-state index < -0.39 is 10.8 Å². The molecule has 0 bridgehead atoms. The smallest absolute Gasteiger partial charge is 0.233 e. The lowest BCUT2D eigenvalue weighted by Gasteiger charge is -2.24. The van der Waals surface area contributed by atoms with Gasteiger partial charge in [-0.25, -0.2) is 0 Å². The van der Waals surface area contributed by atoms with Crippen LogP contribution in [0.4, 0.5) is 0 Å². The third kappa shape index (κ3) is 7.72. The van der Waals surface area contributed by atoms with Crippen molar-refractivity contribution in [2.24, 2.45) is 22.7 Å². The molecule has 0 unspecified atom stereocenters. The topological polar surface area (TPSA) is 92.3 Å². The Morgan fingerprint density at radius 3 is 1.14 bits per heavy atom. The zero-order valence-corrected chi connectivity index (χ0v) is 19.0. The fraction of sp³-hybridized carbons (Fsp3) is 0.818. The summed E-state index contributed by atoms with van der Waals surface area (Å²) in [7, 11) is 0. The molecular weight excluding hydrogens is 356 g/mol. The van der Waals surface area contributed by atoms with Crippen LogP contribution in [0.5, 0.6) is 0 Å². The number of Topliss-reactive ketones (excluding diaryl/α,β-unsaturated/α-hetero) is 2. The summed E-state index contributed by atoms with van der Waals surface area (Å²) >= 11 is 0. The second-order valence-corrected chi connectivity index (χ2v) is 9.21. The van der Waals surface area contributed by atoms with E-state index in [0.717, 1.165) is 25.7 Å². The number of rotatable bonds is 13. The summed E-state index contributed by atoms with van der Waals surface area (Å²) in [5.74, 6) is -0.904. The lowest BCUT2D eigenvalue weighted by molar-refractivity contribution is -0.143. The highest BCUT2D eigenvalue weighted by Gasteiger charge is 2.37. The van der Waals surface area contributed by atoms with E-state index >= 15 is 0 Å². The van der Waals surface area contributed by atoms with Crippen LogP contribution in [0.2, 0.25) is 0 Å². The molecule has 28 heavy (non-hydrogen) atoms. The Morgan fingerprint density at radius 1 is 0.607 bits per heavy atom. The number of amides is 2. The summed E-state index contributed by atoms with van der Waals surface area (Å²) in [5.41, 5.74) is -2.00. The molecule has 0 aliphatic heterocycles. The lowest BCUT2D eigenvalue weighted by atomic mass is 9.81. The van der Waals surface area contributed by atoms with Gasteiger partial charge in [0.2, 0.25) is 11.8 Å². The molecule has 0 saturated carbocycles. The van der Waals surface area contributed by atoms with Crippen LogP contribution >= 0.6 is 0 Å². The summed E-state index contributed by atoms with van der Waals surface area (Å²) in [4.78, 5) is 48.6. The van der Waals surface area contributed by atoms with Gasteiger partial charge in [0.05, 0.1) is 0 Å². The molecule has 0 saturated heterocycles. The first-order valence-electron chi connectivity index (χ1n) is 10.4. The highest BCUT2D eigenvalue weighted by atomic mass is 16.2. The highest BCUT2D eigenvalue weighted by molar-refractivity contribution is 6.06. The second kappa shape index (κ2) is 11.3. The Labute approximate surface area is 170 Å². The van der Waals surface area contributed by atoms with Crippen molar-refractivity contribution in [1.29, 1.82) is 0 Å². The molecular formula is C22H40N2O4. The fourth-order valence-electron chi connectivity index (χ4n) is 3.12. The third-order valence-electron chi connectivity index (χ3n) is 5.09. The van der Waals surface area contributed by atoms with Gasteiger partial charge in [0.15, 0.2) is 0 Å². The molecule has 0 aliphatic rings. The Kier molecular flexibility index (Phi) is 10.6. The Morgan fingerprint density at radius 2 is 0.893 bits per heavy atom. The van der Waals surface area contributed by atoms with Gasteiger partial charge in [-0.05, 0) is 40.5 Å². The lowest BCUT2D eigenvalue weighted by Crippen LogP contribution is -2.44. The van der Waals surface area contributed by atoms with Crippen LogP contribution in [-0.4, -0.2) is 36.5 Å². The van der Waals surface area contributed by atoms with Crippen molar-refractivity contribution >= 4 is 23.4 Å². The largest absolute Gasteiger partial charge is 0.355 e. The average Bonchev–Trinajstić information content (AvgIpc) is 2.61. The maximum absolute atomic E-state index is 12.2. The van der Waals surface area contributed by atoms with Gasteiger partial charge < -0.3 is 10.6 Å². The Bertz CT molecular complexity index is 513. The molecule has 6 heteroatoms. The quantitative estimate of drug-likeness (QED) is 0.369. The van der Waals surface area contributed by atoms with Gasteiger partial charge in [-0.2, -0.15) is 0 Å². The van der Waals surface area contributed by atoms with Gasteiger partial charge in [-0.1, -0.05) is 40.5 Å². The molecule has 2 N–H and O–H groups in total. The molecule has 0 spiro atoms. The standard InChI is InChI=1S/C22H40N2O4/c1-15(2)17(25)21(5,6)19(27)23-13-11-9-10-12-14-24-20(28)22(7,8)18(26)16(3)4/h15-16H,9-14H2,1-8H3,(H,23,27)(H,24,28). The molecule has 0 radical (unpaired) electrons.